The first-order valence-corrected chi connectivity index (χ1v) is 8.13. The van der Waals surface area contributed by atoms with Crippen molar-refractivity contribution in [1.29, 1.82) is 0 Å². The van der Waals surface area contributed by atoms with E-state index in [-0.39, 0.29) is 12.1 Å². The molecule has 22 heavy (non-hydrogen) atoms. The van der Waals surface area contributed by atoms with Gasteiger partial charge in [0.15, 0.2) is 0 Å². The number of piperazine rings is 1. The fourth-order valence-corrected chi connectivity index (χ4v) is 3.30. The van der Waals surface area contributed by atoms with Crippen LogP contribution in [0.4, 0.5) is 10.5 Å². The number of halogens is 2. The van der Waals surface area contributed by atoms with Crippen LogP contribution in [0.1, 0.15) is 5.56 Å². The van der Waals surface area contributed by atoms with Crippen molar-refractivity contribution in [2.24, 2.45) is 0 Å². The van der Waals surface area contributed by atoms with Crippen molar-refractivity contribution in [3.8, 4) is 0 Å². The lowest BCUT2D eigenvalue weighted by molar-refractivity contribution is -0.0355. The highest BCUT2D eigenvalue weighted by atomic mass is 35.5. The molecule has 0 unspecified atom stereocenters. The normalized spacial score (nSPS) is 22.3. The molecular weight excluding hydrogens is 325 g/mol. The molecule has 120 valence electrons. The zero-order valence-corrected chi connectivity index (χ0v) is 14.0. The summed E-state index contributed by atoms with van der Waals surface area (Å²) in [7, 11) is 0. The Morgan fingerprint density at radius 3 is 2.91 bits per heavy atom. The minimum atomic E-state index is -0.146. The molecular formula is C15H19Cl2N3O2. The van der Waals surface area contributed by atoms with E-state index in [0.717, 1.165) is 25.3 Å². The van der Waals surface area contributed by atoms with Gasteiger partial charge in [0.1, 0.15) is 0 Å². The second-order valence-corrected chi connectivity index (χ2v) is 6.54. The summed E-state index contributed by atoms with van der Waals surface area (Å²) >= 11 is 12.3. The van der Waals surface area contributed by atoms with Crippen LogP contribution in [0.2, 0.25) is 10.0 Å². The molecule has 2 amide bonds. The standard InChI is InChI=1S/C15H19Cl2N3O2/c1-10-6-13(17)14(7-12(10)16)18-15(21)20-3-2-19-4-5-22-9-11(19)8-20/h6-7,11H,2-5,8-9H2,1H3,(H,18,21)/t11-/m0/s1. The Labute approximate surface area is 140 Å². The molecule has 1 aromatic carbocycles. The third-order valence-corrected chi connectivity index (χ3v) is 4.93. The zero-order valence-electron chi connectivity index (χ0n) is 12.4. The van der Waals surface area contributed by atoms with Gasteiger partial charge in [-0.1, -0.05) is 23.2 Å². The number of aryl methyl sites for hydroxylation is 1. The topological polar surface area (TPSA) is 44.8 Å². The Kier molecular flexibility index (Phi) is 4.78. The monoisotopic (exact) mass is 343 g/mol. The predicted molar refractivity (Wildman–Crippen MR) is 88.0 cm³/mol. The number of ether oxygens (including phenoxy) is 1. The number of amides is 2. The van der Waals surface area contributed by atoms with E-state index in [0.29, 0.717) is 35.4 Å². The van der Waals surface area contributed by atoms with Gasteiger partial charge in [0, 0.05) is 31.2 Å². The van der Waals surface area contributed by atoms with Gasteiger partial charge < -0.3 is 15.0 Å². The van der Waals surface area contributed by atoms with Crippen LogP contribution in [0.15, 0.2) is 12.1 Å². The Bertz CT molecular complexity index is 582. The van der Waals surface area contributed by atoms with E-state index >= 15 is 0 Å². The fraction of sp³-hybridized carbons (Fsp3) is 0.533. The number of morpholine rings is 1. The van der Waals surface area contributed by atoms with E-state index in [9.17, 15) is 4.79 Å². The van der Waals surface area contributed by atoms with Crippen LogP contribution in [-0.2, 0) is 4.74 Å². The van der Waals surface area contributed by atoms with Crippen LogP contribution in [0.5, 0.6) is 0 Å². The molecule has 0 aromatic heterocycles. The molecule has 0 saturated carbocycles. The lowest BCUT2D eigenvalue weighted by atomic mass is 10.1. The number of carbonyl (C=O) groups excluding carboxylic acids is 1. The van der Waals surface area contributed by atoms with Crippen LogP contribution >= 0.6 is 23.2 Å². The number of hydrogen-bond donors (Lipinski definition) is 1. The first-order valence-electron chi connectivity index (χ1n) is 7.38. The van der Waals surface area contributed by atoms with Crippen molar-refractivity contribution >= 4 is 34.9 Å². The molecule has 7 heteroatoms. The second kappa shape index (κ2) is 6.62. The molecule has 0 bridgehead atoms. The van der Waals surface area contributed by atoms with Crippen LogP contribution in [0, 0.1) is 6.92 Å². The number of carbonyl (C=O) groups is 1. The van der Waals surface area contributed by atoms with Crippen LogP contribution in [0.25, 0.3) is 0 Å². The molecule has 0 spiro atoms. The number of hydrogen-bond acceptors (Lipinski definition) is 3. The van der Waals surface area contributed by atoms with Crippen molar-refractivity contribution in [1.82, 2.24) is 9.80 Å². The first kappa shape index (κ1) is 15.9. The summed E-state index contributed by atoms with van der Waals surface area (Å²) in [5.41, 5.74) is 1.43. The number of nitrogens with one attached hydrogen (secondary N) is 1. The Morgan fingerprint density at radius 1 is 1.27 bits per heavy atom. The molecule has 1 aromatic rings. The third kappa shape index (κ3) is 3.33. The van der Waals surface area contributed by atoms with Crippen LogP contribution in [0.3, 0.4) is 0 Å². The largest absolute Gasteiger partial charge is 0.378 e. The Hall–Kier alpha value is -1.01. The van der Waals surface area contributed by atoms with Gasteiger partial charge in [-0.05, 0) is 24.6 Å². The van der Waals surface area contributed by atoms with Gasteiger partial charge in [-0.3, -0.25) is 4.90 Å². The Balaban J connectivity index is 1.66. The highest BCUT2D eigenvalue weighted by molar-refractivity contribution is 6.36. The molecule has 2 fully saturated rings. The number of rotatable bonds is 1. The highest BCUT2D eigenvalue weighted by Gasteiger charge is 2.31. The molecule has 1 atom stereocenters. The van der Waals surface area contributed by atoms with Crippen molar-refractivity contribution in [2.45, 2.75) is 13.0 Å². The van der Waals surface area contributed by atoms with E-state index in [1.165, 1.54) is 0 Å². The summed E-state index contributed by atoms with van der Waals surface area (Å²) in [6.07, 6.45) is 0. The summed E-state index contributed by atoms with van der Waals surface area (Å²) in [5, 5.41) is 3.94. The predicted octanol–water partition coefficient (Wildman–Crippen LogP) is 2.85. The SMILES string of the molecule is Cc1cc(Cl)c(NC(=O)N2CCN3CCOC[C@@H]3C2)cc1Cl. The molecule has 1 N–H and O–H groups in total. The minimum Gasteiger partial charge on any atom is -0.378 e. The average molecular weight is 344 g/mol. The summed E-state index contributed by atoms with van der Waals surface area (Å²) in [4.78, 5) is 16.6. The second-order valence-electron chi connectivity index (χ2n) is 5.72. The maximum atomic E-state index is 12.4. The van der Waals surface area contributed by atoms with E-state index in [2.05, 4.69) is 10.2 Å². The van der Waals surface area contributed by atoms with Crippen molar-refractivity contribution in [2.75, 3.05) is 44.7 Å². The van der Waals surface area contributed by atoms with Gasteiger partial charge in [0.2, 0.25) is 0 Å². The lowest BCUT2D eigenvalue weighted by Gasteiger charge is -2.43. The minimum absolute atomic E-state index is 0.146. The molecule has 2 saturated heterocycles. The van der Waals surface area contributed by atoms with Crippen LogP contribution in [-0.4, -0.2) is 61.3 Å². The average Bonchev–Trinajstić information content (AvgIpc) is 2.52. The number of urea groups is 1. The van der Waals surface area contributed by atoms with Crippen molar-refractivity contribution < 1.29 is 9.53 Å². The summed E-state index contributed by atoms with van der Waals surface area (Å²) < 4.78 is 5.49. The molecule has 2 aliphatic heterocycles. The molecule has 2 aliphatic rings. The summed E-state index contributed by atoms with van der Waals surface area (Å²) in [6, 6.07) is 3.58. The van der Waals surface area contributed by atoms with Crippen molar-refractivity contribution in [3.05, 3.63) is 27.7 Å². The number of nitrogens with zero attached hydrogens (tertiary/aromatic N) is 2. The lowest BCUT2D eigenvalue weighted by Crippen LogP contribution is -2.59. The molecule has 2 heterocycles. The first-order chi connectivity index (χ1) is 10.5. The summed E-state index contributed by atoms with van der Waals surface area (Å²) in [5.74, 6) is 0. The fourth-order valence-electron chi connectivity index (χ4n) is 2.87. The van der Waals surface area contributed by atoms with E-state index in [4.69, 9.17) is 27.9 Å². The summed E-state index contributed by atoms with van der Waals surface area (Å²) in [6.45, 7) is 6.54. The molecule has 0 aliphatic carbocycles. The number of anilines is 1. The van der Waals surface area contributed by atoms with E-state index in [1.807, 2.05) is 6.92 Å². The maximum Gasteiger partial charge on any atom is 0.321 e. The van der Waals surface area contributed by atoms with E-state index in [1.54, 1.807) is 17.0 Å². The van der Waals surface area contributed by atoms with Gasteiger partial charge in [0.25, 0.3) is 0 Å². The van der Waals surface area contributed by atoms with Gasteiger partial charge in [0.05, 0.1) is 30.0 Å². The van der Waals surface area contributed by atoms with Gasteiger partial charge in [-0.2, -0.15) is 0 Å². The Morgan fingerprint density at radius 2 is 2.09 bits per heavy atom. The number of benzene rings is 1. The zero-order chi connectivity index (χ0) is 15.7. The molecule has 5 nitrogen and oxygen atoms in total. The molecule has 0 radical (unpaired) electrons. The van der Waals surface area contributed by atoms with Crippen molar-refractivity contribution in [3.63, 3.8) is 0 Å². The molecule has 3 rings (SSSR count). The van der Waals surface area contributed by atoms with Gasteiger partial charge in [-0.15, -0.1) is 0 Å². The maximum absolute atomic E-state index is 12.4. The van der Waals surface area contributed by atoms with Gasteiger partial charge >= 0.3 is 6.03 Å². The van der Waals surface area contributed by atoms with E-state index < -0.39 is 0 Å². The van der Waals surface area contributed by atoms with Gasteiger partial charge in [-0.25, -0.2) is 4.79 Å². The van der Waals surface area contributed by atoms with Crippen LogP contribution < -0.4 is 5.32 Å². The third-order valence-electron chi connectivity index (χ3n) is 4.21. The number of fused-ring (bicyclic) bond motifs is 1. The quantitative estimate of drug-likeness (QED) is 0.852. The highest BCUT2D eigenvalue weighted by Crippen LogP contribution is 2.29. The smallest absolute Gasteiger partial charge is 0.321 e.